The summed E-state index contributed by atoms with van der Waals surface area (Å²) in [6.45, 7) is 0. The van der Waals surface area contributed by atoms with Gasteiger partial charge in [0.25, 0.3) is 15.9 Å². The maximum Gasteiger partial charge on any atom is 0.271 e. The molecule has 2 N–H and O–H groups in total. The van der Waals surface area contributed by atoms with Crippen LogP contribution >= 0.6 is 11.6 Å². The molecular weight excluding hydrogens is 390 g/mol. The van der Waals surface area contributed by atoms with Gasteiger partial charge >= 0.3 is 0 Å². The number of furan rings is 1. The van der Waals surface area contributed by atoms with Crippen LogP contribution in [0.2, 0.25) is 5.02 Å². The number of amides is 1. The summed E-state index contributed by atoms with van der Waals surface area (Å²) in [5.74, 6) is -0.0880. The first-order valence-electron chi connectivity index (χ1n) is 7.69. The van der Waals surface area contributed by atoms with E-state index in [0.29, 0.717) is 16.5 Å². The molecule has 9 heteroatoms. The zero-order valence-electron chi connectivity index (χ0n) is 13.8. The van der Waals surface area contributed by atoms with E-state index in [0.717, 1.165) is 0 Å². The predicted molar refractivity (Wildman–Crippen MR) is 102 cm³/mol. The van der Waals surface area contributed by atoms with E-state index < -0.39 is 15.9 Å². The topological polar surface area (TPSA) is 101 Å². The normalized spacial score (nSPS) is 11.4. The highest BCUT2D eigenvalue weighted by Crippen LogP contribution is 2.20. The van der Waals surface area contributed by atoms with Crippen molar-refractivity contribution in [3.63, 3.8) is 0 Å². The summed E-state index contributed by atoms with van der Waals surface area (Å²) in [5.41, 5.74) is 2.77. The molecule has 1 aromatic heterocycles. The Bertz CT molecular complexity index is 1080. The second kappa shape index (κ2) is 8.07. The van der Waals surface area contributed by atoms with E-state index in [9.17, 15) is 13.2 Å². The average Bonchev–Trinajstić information content (AvgIpc) is 3.15. The largest absolute Gasteiger partial charge is 0.463 e. The van der Waals surface area contributed by atoms with Gasteiger partial charge in [0, 0.05) is 10.6 Å². The molecular formula is C18H14ClN3O4S. The van der Waals surface area contributed by atoms with Crippen LogP contribution in [0.5, 0.6) is 0 Å². The number of hydrazone groups is 1. The Morgan fingerprint density at radius 2 is 1.89 bits per heavy atom. The number of benzene rings is 2. The van der Waals surface area contributed by atoms with Crippen LogP contribution in [-0.2, 0) is 10.0 Å². The van der Waals surface area contributed by atoms with Gasteiger partial charge in [0.1, 0.15) is 5.76 Å². The SMILES string of the molecule is O=C(N/N=C/c1ccco1)c1cccc(S(=O)(=O)Nc2cccc(Cl)c2)c1. The molecule has 3 rings (SSSR count). The molecule has 0 atom stereocenters. The van der Waals surface area contributed by atoms with Crippen LogP contribution in [0.25, 0.3) is 0 Å². The number of nitrogens with zero attached hydrogens (tertiary/aromatic N) is 1. The predicted octanol–water partition coefficient (Wildman–Crippen LogP) is 3.50. The molecule has 2 aromatic carbocycles. The molecule has 3 aromatic rings. The first-order valence-corrected chi connectivity index (χ1v) is 9.55. The minimum Gasteiger partial charge on any atom is -0.463 e. The number of sulfonamides is 1. The fourth-order valence-electron chi connectivity index (χ4n) is 2.15. The third-order valence-corrected chi connectivity index (χ3v) is 5.00. The van der Waals surface area contributed by atoms with Crippen molar-refractivity contribution >= 4 is 39.4 Å². The van der Waals surface area contributed by atoms with E-state index in [-0.39, 0.29) is 10.5 Å². The van der Waals surface area contributed by atoms with E-state index in [4.69, 9.17) is 16.0 Å². The molecule has 0 saturated carbocycles. The van der Waals surface area contributed by atoms with Gasteiger partial charge in [0.15, 0.2) is 0 Å². The van der Waals surface area contributed by atoms with Crippen molar-refractivity contribution in [2.24, 2.45) is 5.10 Å². The van der Waals surface area contributed by atoms with Crippen molar-refractivity contribution in [2.45, 2.75) is 4.90 Å². The van der Waals surface area contributed by atoms with Crippen LogP contribution < -0.4 is 10.1 Å². The van der Waals surface area contributed by atoms with Gasteiger partial charge in [-0.25, -0.2) is 13.8 Å². The number of anilines is 1. The lowest BCUT2D eigenvalue weighted by atomic mass is 10.2. The first kappa shape index (κ1) is 18.7. The van der Waals surface area contributed by atoms with E-state index in [1.165, 1.54) is 42.8 Å². The van der Waals surface area contributed by atoms with Gasteiger partial charge in [-0.1, -0.05) is 23.7 Å². The van der Waals surface area contributed by atoms with Crippen molar-refractivity contribution in [1.29, 1.82) is 0 Å². The van der Waals surface area contributed by atoms with Gasteiger partial charge in [-0.05, 0) is 48.5 Å². The maximum atomic E-state index is 12.5. The smallest absolute Gasteiger partial charge is 0.271 e. The lowest BCUT2D eigenvalue weighted by Crippen LogP contribution is -2.19. The van der Waals surface area contributed by atoms with Gasteiger partial charge in [-0.2, -0.15) is 5.10 Å². The van der Waals surface area contributed by atoms with E-state index in [2.05, 4.69) is 15.2 Å². The fraction of sp³-hybridized carbons (Fsp3) is 0. The molecule has 1 amide bonds. The number of rotatable bonds is 6. The average molecular weight is 404 g/mol. The highest BCUT2D eigenvalue weighted by Gasteiger charge is 2.16. The number of carbonyl (C=O) groups excluding carboxylic acids is 1. The standard InChI is InChI=1S/C18H14ClN3O4S/c19-14-5-2-6-15(11-14)22-27(24,25)17-8-1-4-13(10-17)18(23)21-20-12-16-7-3-9-26-16/h1-12,22H,(H,21,23)/b20-12+. The number of halogens is 1. The molecule has 7 nitrogen and oxygen atoms in total. The minimum atomic E-state index is -3.88. The van der Waals surface area contributed by atoms with Gasteiger partial charge in [0.2, 0.25) is 0 Å². The van der Waals surface area contributed by atoms with E-state index in [1.807, 2.05) is 0 Å². The van der Waals surface area contributed by atoms with Gasteiger partial charge in [-0.3, -0.25) is 9.52 Å². The molecule has 0 unspecified atom stereocenters. The van der Waals surface area contributed by atoms with Crippen molar-refractivity contribution < 1.29 is 17.6 Å². The highest BCUT2D eigenvalue weighted by atomic mass is 35.5. The fourth-order valence-corrected chi connectivity index (χ4v) is 3.44. The Balaban J connectivity index is 1.74. The molecule has 1 heterocycles. The van der Waals surface area contributed by atoms with Crippen molar-refractivity contribution in [3.05, 3.63) is 83.3 Å². The van der Waals surface area contributed by atoms with Crippen LogP contribution in [0.4, 0.5) is 5.69 Å². The Kier molecular flexibility index (Phi) is 5.58. The molecule has 0 bridgehead atoms. The van der Waals surface area contributed by atoms with Gasteiger partial charge in [0.05, 0.1) is 23.1 Å². The molecule has 0 aliphatic heterocycles. The number of hydrogen-bond donors (Lipinski definition) is 2. The molecule has 138 valence electrons. The second-order valence-electron chi connectivity index (χ2n) is 5.36. The Hall–Kier alpha value is -3.10. The molecule has 27 heavy (non-hydrogen) atoms. The first-order chi connectivity index (χ1) is 12.9. The van der Waals surface area contributed by atoms with Gasteiger partial charge in [-0.15, -0.1) is 0 Å². The lowest BCUT2D eigenvalue weighted by molar-refractivity contribution is 0.0955. The van der Waals surface area contributed by atoms with Crippen LogP contribution in [0.1, 0.15) is 16.1 Å². The Morgan fingerprint density at radius 3 is 2.63 bits per heavy atom. The zero-order valence-corrected chi connectivity index (χ0v) is 15.4. The summed E-state index contributed by atoms with van der Waals surface area (Å²) in [5, 5.41) is 4.16. The molecule has 0 aliphatic carbocycles. The molecule has 0 aliphatic rings. The van der Waals surface area contributed by atoms with E-state index >= 15 is 0 Å². The Morgan fingerprint density at radius 1 is 1.07 bits per heavy atom. The van der Waals surface area contributed by atoms with Crippen molar-refractivity contribution in [2.75, 3.05) is 4.72 Å². The second-order valence-corrected chi connectivity index (χ2v) is 7.48. The molecule has 0 saturated heterocycles. The molecule has 0 fully saturated rings. The van der Waals surface area contributed by atoms with Crippen LogP contribution in [-0.4, -0.2) is 20.5 Å². The summed E-state index contributed by atoms with van der Waals surface area (Å²) >= 11 is 5.86. The monoisotopic (exact) mass is 403 g/mol. The maximum absolute atomic E-state index is 12.5. The molecule has 0 radical (unpaired) electrons. The van der Waals surface area contributed by atoms with Crippen LogP contribution in [0.3, 0.4) is 0 Å². The number of hydrogen-bond acceptors (Lipinski definition) is 5. The third-order valence-electron chi connectivity index (χ3n) is 3.38. The number of carbonyl (C=O) groups is 1. The zero-order chi connectivity index (χ0) is 19.3. The molecule has 0 spiro atoms. The Labute approximate surface area is 160 Å². The van der Waals surface area contributed by atoms with Gasteiger partial charge < -0.3 is 4.42 Å². The summed E-state index contributed by atoms with van der Waals surface area (Å²) in [7, 11) is -3.88. The highest BCUT2D eigenvalue weighted by molar-refractivity contribution is 7.92. The summed E-state index contributed by atoms with van der Waals surface area (Å²) < 4.78 is 32.5. The summed E-state index contributed by atoms with van der Waals surface area (Å²) in [6, 6.07) is 15.3. The van der Waals surface area contributed by atoms with Crippen LogP contribution in [0.15, 0.2) is 81.3 Å². The third kappa shape index (κ3) is 4.96. The summed E-state index contributed by atoms with van der Waals surface area (Å²) in [6.07, 6.45) is 2.81. The minimum absolute atomic E-state index is 0.0647. The quantitative estimate of drug-likeness (QED) is 0.485. The number of nitrogens with one attached hydrogen (secondary N) is 2. The lowest BCUT2D eigenvalue weighted by Gasteiger charge is -2.09. The van der Waals surface area contributed by atoms with E-state index in [1.54, 1.807) is 30.3 Å². The van der Waals surface area contributed by atoms with Crippen molar-refractivity contribution in [3.8, 4) is 0 Å². The van der Waals surface area contributed by atoms with Crippen LogP contribution in [0, 0.1) is 0 Å². The summed E-state index contributed by atoms with van der Waals surface area (Å²) in [4.78, 5) is 12.1. The van der Waals surface area contributed by atoms with Crippen molar-refractivity contribution in [1.82, 2.24) is 5.43 Å².